The molecule has 2 saturated carbocycles. The molecule has 0 aromatic heterocycles. The molecule has 2 nitrogen and oxygen atoms in total. The summed E-state index contributed by atoms with van der Waals surface area (Å²) in [7, 11) is 2.22. The van der Waals surface area contributed by atoms with Crippen molar-refractivity contribution >= 4 is 0 Å². The summed E-state index contributed by atoms with van der Waals surface area (Å²) >= 11 is 0. The van der Waals surface area contributed by atoms with Gasteiger partial charge in [-0.25, -0.2) is 0 Å². The van der Waals surface area contributed by atoms with Crippen LogP contribution in [0.5, 0.6) is 0 Å². The predicted octanol–water partition coefficient (Wildman–Crippen LogP) is 2.94. The minimum Gasteiger partial charge on any atom is -0.302 e. The molecule has 2 rings (SSSR count). The average molecular weight is 206 g/mol. The van der Waals surface area contributed by atoms with Crippen molar-refractivity contribution in [2.45, 2.75) is 57.4 Å². The van der Waals surface area contributed by atoms with Crippen molar-refractivity contribution in [2.75, 3.05) is 13.6 Å². The van der Waals surface area contributed by atoms with Gasteiger partial charge >= 0.3 is 0 Å². The molecule has 0 unspecified atom stereocenters. The van der Waals surface area contributed by atoms with Crippen LogP contribution in [0.3, 0.4) is 0 Å². The smallest absolute Gasteiger partial charge is 0.0703 e. The quantitative estimate of drug-likeness (QED) is 0.710. The molecule has 0 aromatic carbocycles. The normalized spacial score (nSPS) is 25.9. The fourth-order valence-electron chi connectivity index (χ4n) is 3.04. The summed E-state index contributed by atoms with van der Waals surface area (Å²) in [4.78, 5) is 2.46. The molecule has 0 bridgehead atoms. The molecule has 0 saturated heterocycles. The van der Waals surface area contributed by atoms with Crippen LogP contribution in [0.2, 0.25) is 0 Å². The van der Waals surface area contributed by atoms with Crippen LogP contribution in [0, 0.1) is 16.7 Å². The second-order valence-corrected chi connectivity index (χ2v) is 5.45. The third-order valence-electron chi connectivity index (χ3n) is 4.30. The van der Waals surface area contributed by atoms with Crippen LogP contribution in [0.25, 0.3) is 0 Å². The molecule has 2 aliphatic carbocycles. The van der Waals surface area contributed by atoms with E-state index in [1.807, 2.05) is 0 Å². The Morgan fingerprint density at radius 3 is 2.33 bits per heavy atom. The standard InChI is InChI=1S/C13H22N2/c1-15(12-6-3-2-4-7-12)11-13(10-14)8-5-9-13/h12H,2-9,11H2,1H3. The Morgan fingerprint density at radius 1 is 1.20 bits per heavy atom. The van der Waals surface area contributed by atoms with Crippen molar-refractivity contribution in [1.29, 1.82) is 5.26 Å². The molecule has 2 heteroatoms. The molecule has 0 amide bonds. The maximum Gasteiger partial charge on any atom is 0.0703 e. The van der Waals surface area contributed by atoms with Gasteiger partial charge in [-0.15, -0.1) is 0 Å². The minimum atomic E-state index is 0.0200. The lowest BCUT2D eigenvalue weighted by atomic mass is 9.69. The van der Waals surface area contributed by atoms with Crippen molar-refractivity contribution in [3.8, 4) is 6.07 Å². The van der Waals surface area contributed by atoms with Crippen LogP contribution in [0.4, 0.5) is 0 Å². The van der Waals surface area contributed by atoms with Gasteiger partial charge in [-0.1, -0.05) is 25.7 Å². The Morgan fingerprint density at radius 2 is 1.87 bits per heavy atom. The summed E-state index contributed by atoms with van der Waals surface area (Å²) < 4.78 is 0. The fraction of sp³-hybridized carbons (Fsp3) is 0.923. The molecular weight excluding hydrogens is 184 g/mol. The predicted molar refractivity (Wildman–Crippen MR) is 61.4 cm³/mol. The maximum absolute atomic E-state index is 9.21. The van der Waals surface area contributed by atoms with E-state index in [0.29, 0.717) is 0 Å². The van der Waals surface area contributed by atoms with Gasteiger partial charge in [-0.05, 0) is 32.7 Å². The highest BCUT2D eigenvalue weighted by Crippen LogP contribution is 2.41. The van der Waals surface area contributed by atoms with E-state index < -0.39 is 0 Å². The van der Waals surface area contributed by atoms with Crippen molar-refractivity contribution in [2.24, 2.45) is 5.41 Å². The number of hydrogen-bond donors (Lipinski definition) is 0. The summed E-state index contributed by atoms with van der Waals surface area (Å²) in [6, 6.07) is 3.30. The second kappa shape index (κ2) is 4.53. The van der Waals surface area contributed by atoms with E-state index in [4.69, 9.17) is 0 Å². The van der Waals surface area contributed by atoms with Crippen molar-refractivity contribution < 1.29 is 0 Å². The molecule has 0 atom stereocenters. The molecule has 0 N–H and O–H groups in total. The Hall–Kier alpha value is -0.550. The summed E-state index contributed by atoms with van der Waals surface area (Å²) in [6.45, 7) is 1.01. The van der Waals surface area contributed by atoms with Gasteiger partial charge in [-0.2, -0.15) is 5.26 Å². The summed E-state index contributed by atoms with van der Waals surface area (Å²) in [5.74, 6) is 0. The van der Waals surface area contributed by atoms with E-state index in [1.165, 1.54) is 38.5 Å². The first kappa shape index (κ1) is 11.0. The van der Waals surface area contributed by atoms with Gasteiger partial charge < -0.3 is 4.90 Å². The molecule has 2 fully saturated rings. The lowest BCUT2D eigenvalue weighted by Crippen LogP contribution is -2.44. The molecule has 84 valence electrons. The SMILES string of the molecule is CN(CC1(C#N)CCC1)C1CCCCC1. The average Bonchev–Trinajstić information content (AvgIpc) is 2.24. The highest BCUT2D eigenvalue weighted by atomic mass is 15.1. The molecule has 0 radical (unpaired) electrons. The fourth-order valence-corrected chi connectivity index (χ4v) is 3.04. The van der Waals surface area contributed by atoms with E-state index in [0.717, 1.165) is 25.4 Å². The van der Waals surface area contributed by atoms with Crippen molar-refractivity contribution in [3.63, 3.8) is 0 Å². The lowest BCUT2D eigenvalue weighted by Gasteiger charge is -2.41. The molecule has 0 aliphatic heterocycles. The van der Waals surface area contributed by atoms with Gasteiger partial charge in [0.15, 0.2) is 0 Å². The van der Waals surface area contributed by atoms with Crippen LogP contribution in [0.1, 0.15) is 51.4 Å². The zero-order valence-electron chi connectivity index (χ0n) is 9.84. The topological polar surface area (TPSA) is 27.0 Å². The maximum atomic E-state index is 9.21. The Labute approximate surface area is 93.3 Å². The van der Waals surface area contributed by atoms with E-state index in [1.54, 1.807) is 0 Å². The summed E-state index contributed by atoms with van der Waals surface area (Å²) in [6.07, 6.45) is 10.4. The van der Waals surface area contributed by atoms with Gasteiger partial charge in [0, 0.05) is 12.6 Å². The molecule has 0 aromatic rings. The molecule has 15 heavy (non-hydrogen) atoms. The first-order valence-electron chi connectivity index (χ1n) is 6.37. The number of hydrogen-bond acceptors (Lipinski definition) is 2. The zero-order valence-corrected chi connectivity index (χ0v) is 9.84. The first-order chi connectivity index (χ1) is 7.26. The molecular formula is C13H22N2. The van der Waals surface area contributed by atoms with Crippen molar-refractivity contribution in [1.82, 2.24) is 4.90 Å². The minimum absolute atomic E-state index is 0.0200. The largest absolute Gasteiger partial charge is 0.302 e. The third-order valence-corrected chi connectivity index (χ3v) is 4.30. The van der Waals surface area contributed by atoms with Gasteiger partial charge in [0.05, 0.1) is 11.5 Å². The highest BCUT2D eigenvalue weighted by molar-refractivity contribution is 5.06. The Bertz CT molecular complexity index is 244. The molecule has 2 aliphatic rings. The van der Waals surface area contributed by atoms with E-state index in [9.17, 15) is 5.26 Å². The third kappa shape index (κ3) is 2.34. The van der Waals surface area contributed by atoms with E-state index >= 15 is 0 Å². The number of rotatable bonds is 3. The number of nitrogens with zero attached hydrogens (tertiary/aromatic N) is 2. The van der Waals surface area contributed by atoms with Gasteiger partial charge in [0.25, 0.3) is 0 Å². The monoisotopic (exact) mass is 206 g/mol. The van der Waals surface area contributed by atoms with Crippen LogP contribution in [-0.2, 0) is 0 Å². The van der Waals surface area contributed by atoms with Gasteiger partial charge in [0.2, 0.25) is 0 Å². The highest BCUT2D eigenvalue weighted by Gasteiger charge is 2.39. The summed E-state index contributed by atoms with van der Waals surface area (Å²) in [5.41, 5.74) is 0.0200. The van der Waals surface area contributed by atoms with Crippen LogP contribution in [0.15, 0.2) is 0 Å². The van der Waals surface area contributed by atoms with Crippen LogP contribution < -0.4 is 0 Å². The Balaban J connectivity index is 1.85. The van der Waals surface area contributed by atoms with Gasteiger partial charge in [-0.3, -0.25) is 0 Å². The van der Waals surface area contributed by atoms with Gasteiger partial charge in [0.1, 0.15) is 0 Å². The van der Waals surface area contributed by atoms with Crippen LogP contribution >= 0.6 is 0 Å². The van der Waals surface area contributed by atoms with Crippen LogP contribution in [-0.4, -0.2) is 24.5 Å². The Kier molecular flexibility index (Phi) is 3.31. The zero-order chi connectivity index (χ0) is 10.7. The lowest BCUT2D eigenvalue weighted by molar-refractivity contribution is 0.0935. The number of nitriles is 1. The second-order valence-electron chi connectivity index (χ2n) is 5.45. The summed E-state index contributed by atoms with van der Waals surface area (Å²) in [5, 5.41) is 9.21. The molecule has 0 spiro atoms. The molecule has 0 heterocycles. The van der Waals surface area contributed by atoms with Crippen molar-refractivity contribution in [3.05, 3.63) is 0 Å². The van der Waals surface area contributed by atoms with E-state index in [-0.39, 0.29) is 5.41 Å². The van der Waals surface area contributed by atoms with E-state index in [2.05, 4.69) is 18.0 Å². The first-order valence-corrected chi connectivity index (χ1v) is 6.37.